The minimum Gasteiger partial charge on any atom is -0.492 e. The van der Waals surface area contributed by atoms with Gasteiger partial charge in [0.2, 0.25) is 11.8 Å². The number of halogens is 1. The monoisotopic (exact) mass is 258 g/mol. The van der Waals surface area contributed by atoms with E-state index in [1.54, 1.807) is 30.0 Å². The molecule has 3 rings (SSSR count). The molecule has 19 heavy (non-hydrogen) atoms. The first-order valence-electron chi connectivity index (χ1n) is 5.63. The smallest absolute Gasteiger partial charge is 0.238 e. The lowest BCUT2D eigenvalue weighted by Gasteiger charge is -2.02. The molecule has 1 aliphatic rings. The summed E-state index contributed by atoms with van der Waals surface area (Å²) in [5.74, 6) is -0.284. The predicted molar refractivity (Wildman–Crippen MR) is 71.7 cm³/mol. The van der Waals surface area contributed by atoms with Gasteiger partial charge in [0.25, 0.3) is 0 Å². The average molecular weight is 258 g/mol. The second-order valence-corrected chi connectivity index (χ2v) is 4.26. The Hall–Kier alpha value is -2.63. The number of fused-ring (bicyclic) bond motifs is 1. The summed E-state index contributed by atoms with van der Waals surface area (Å²) in [6.45, 7) is 0. The normalized spacial score (nSPS) is 15.2. The summed E-state index contributed by atoms with van der Waals surface area (Å²) in [4.78, 5) is 7.94. The van der Waals surface area contributed by atoms with Crippen LogP contribution >= 0.6 is 0 Å². The number of anilines is 1. The van der Waals surface area contributed by atoms with E-state index in [1.807, 2.05) is 0 Å². The summed E-state index contributed by atoms with van der Waals surface area (Å²) in [5.41, 5.74) is 8.14. The highest BCUT2D eigenvalue weighted by atomic mass is 19.1. The van der Waals surface area contributed by atoms with Crippen LogP contribution in [0.5, 0.6) is 5.88 Å². The van der Waals surface area contributed by atoms with Gasteiger partial charge in [-0.2, -0.15) is 4.98 Å². The second kappa shape index (κ2) is 3.94. The van der Waals surface area contributed by atoms with E-state index in [2.05, 4.69) is 9.98 Å². The van der Waals surface area contributed by atoms with Gasteiger partial charge in [-0.1, -0.05) is 0 Å². The van der Waals surface area contributed by atoms with E-state index in [0.717, 1.165) is 0 Å². The van der Waals surface area contributed by atoms with Gasteiger partial charge in [-0.05, 0) is 24.3 Å². The maximum atomic E-state index is 13.3. The number of benzene rings is 1. The maximum absolute atomic E-state index is 13.3. The van der Waals surface area contributed by atoms with Crippen LogP contribution in [-0.2, 0) is 7.05 Å². The van der Waals surface area contributed by atoms with Crippen molar-refractivity contribution in [2.75, 3.05) is 5.73 Å². The van der Waals surface area contributed by atoms with Gasteiger partial charge >= 0.3 is 0 Å². The number of aliphatic imine (C=N–C) groups is 1. The largest absolute Gasteiger partial charge is 0.492 e. The highest BCUT2D eigenvalue weighted by molar-refractivity contribution is 6.21. The van der Waals surface area contributed by atoms with Crippen molar-refractivity contribution in [1.82, 2.24) is 9.55 Å². The molecule has 6 heteroatoms. The highest BCUT2D eigenvalue weighted by Crippen LogP contribution is 2.34. The molecule has 0 fully saturated rings. The summed E-state index contributed by atoms with van der Waals surface area (Å²) >= 11 is 0. The zero-order valence-electron chi connectivity index (χ0n) is 10.1. The molecule has 96 valence electrons. The Labute approximate surface area is 108 Å². The molecule has 1 aromatic heterocycles. The fourth-order valence-corrected chi connectivity index (χ4v) is 2.00. The molecule has 0 aliphatic carbocycles. The first kappa shape index (κ1) is 11.5. The molecule has 0 bridgehead atoms. The number of nitrogens with two attached hydrogens (primary N) is 1. The lowest BCUT2D eigenvalue weighted by molar-refractivity contribution is 0.455. The Kier molecular flexibility index (Phi) is 2.38. The van der Waals surface area contributed by atoms with E-state index in [4.69, 9.17) is 5.73 Å². The highest BCUT2D eigenvalue weighted by Gasteiger charge is 2.16. The third-order valence-corrected chi connectivity index (χ3v) is 3.06. The predicted octanol–water partition coefficient (Wildman–Crippen LogP) is 2.10. The van der Waals surface area contributed by atoms with Crippen molar-refractivity contribution in [2.24, 2.45) is 12.0 Å². The van der Waals surface area contributed by atoms with Crippen LogP contribution in [0.3, 0.4) is 0 Å². The molecular formula is C13H11FN4O. The van der Waals surface area contributed by atoms with Gasteiger partial charge in [-0.15, -0.1) is 0 Å². The van der Waals surface area contributed by atoms with Gasteiger partial charge in [0.15, 0.2) is 0 Å². The van der Waals surface area contributed by atoms with Gasteiger partial charge in [0.1, 0.15) is 11.5 Å². The Morgan fingerprint density at radius 1 is 1.42 bits per heavy atom. The number of hydrogen-bond donors (Lipinski definition) is 2. The maximum Gasteiger partial charge on any atom is 0.238 e. The lowest BCUT2D eigenvalue weighted by atomic mass is 10.1. The van der Waals surface area contributed by atoms with E-state index < -0.39 is 0 Å². The molecule has 2 aromatic rings. The van der Waals surface area contributed by atoms with E-state index in [9.17, 15) is 9.50 Å². The number of aromatic hydroxyl groups is 1. The van der Waals surface area contributed by atoms with Crippen molar-refractivity contribution < 1.29 is 9.50 Å². The molecule has 5 nitrogen and oxygen atoms in total. The van der Waals surface area contributed by atoms with Gasteiger partial charge in [-0.25, -0.2) is 4.39 Å². The first-order valence-corrected chi connectivity index (χ1v) is 5.63. The summed E-state index contributed by atoms with van der Waals surface area (Å²) < 4.78 is 14.8. The van der Waals surface area contributed by atoms with Crippen LogP contribution in [0, 0.1) is 5.82 Å². The standard InChI is InChI=1S/C13H11FN4O/c1-18-11(12(19)17-13(18)15)4-7-6-16-10-3-2-8(14)5-9(7)10/h2-6,19H,1H3,(H2,15,17). The summed E-state index contributed by atoms with van der Waals surface area (Å²) in [6.07, 6.45) is 3.29. The van der Waals surface area contributed by atoms with Crippen LogP contribution in [0.25, 0.3) is 11.6 Å². The first-order chi connectivity index (χ1) is 9.06. The zero-order valence-corrected chi connectivity index (χ0v) is 10.1. The molecule has 0 radical (unpaired) electrons. The van der Waals surface area contributed by atoms with E-state index >= 15 is 0 Å². The van der Waals surface area contributed by atoms with Crippen molar-refractivity contribution in [3.63, 3.8) is 0 Å². The number of allylic oxidation sites excluding steroid dienone is 1. The van der Waals surface area contributed by atoms with Crippen molar-refractivity contribution in [1.29, 1.82) is 0 Å². The van der Waals surface area contributed by atoms with E-state index in [1.165, 1.54) is 12.1 Å². The summed E-state index contributed by atoms with van der Waals surface area (Å²) in [5, 5.41) is 9.70. The Bertz CT molecular complexity index is 730. The van der Waals surface area contributed by atoms with Crippen LogP contribution in [0.2, 0.25) is 0 Å². The second-order valence-electron chi connectivity index (χ2n) is 4.26. The molecule has 0 unspecified atom stereocenters. The Morgan fingerprint density at radius 3 is 2.89 bits per heavy atom. The molecule has 1 aliphatic heterocycles. The number of nitrogen functional groups attached to an aromatic ring is 1. The third-order valence-electron chi connectivity index (χ3n) is 3.06. The number of aromatic nitrogens is 2. The van der Waals surface area contributed by atoms with Gasteiger partial charge < -0.3 is 15.4 Å². The minimum absolute atomic E-state index is 0.161. The Morgan fingerprint density at radius 2 is 2.21 bits per heavy atom. The lowest BCUT2D eigenvalue weighted by Crippen LogP contribution is -1.98. The van der Waals surface area contributed by atoms with Crippen molar-refractivity contribution in [3.8, 4) is 5.88 Å². The SMILES string of the molecule is Cn1c(N)nc(O)c1C=C1C=Nc2ccc(F)cc21. The summed E-state index contributed by atoms with van der Waals surface area (Å²) in [6, 6.07) is 4.38. The zero-order chi connectivity index (χ0) is 13.6. The number of hydrogen-bond acceptors (Lipinski definition) is 4. The number of nitrogens with zero attached hydrogens (tertiary/aromatic N) is 3. The third kappa shape index (κ3) is 1.77. The average Bonchev–Trinajstić information content (AvgIpc) is 2.86. The van der Waals surface area contributed by atoms with Crippen LogP contribution in [-0.4, -0.2) is 20.9 Å². The van der Waals surface area contributed by atoms with Gasteiger partial charge in [-0.3, -0.25) is 4.99 Å². The molecule has 2 heterocycles. The quantitative estimate of drug-likeness (QED) is 0.822. The molecule has 1 aromatic carbocycles. The number of rotatable bonds is 1. The van der Waals surface area contributed by atoms with Crippen molar-refractivity contribution in [2.45, 2.75) is 0 Å². The number of imidazole rings is 1. The molecule has 0 atom stereocenters. The molecule has 3 N–H and O–H groups in total. The van der Waals surface area contributed by atoms with Crippen LogP contribution in [0.4, 0.5) is 16.0 Å². The fraction of sp³-hybridized carbons (Fsp3) is 0.0769. The topological polar surface area (TPSA) is 76.4 Å². The molecule has 0 spiro atoms. The van der Waals surface area contributed by atoms with E-state index in [0.29, 0.717) is 22.5 Å². The van der Waals surface area contributed by atoms with Gasteiger partial charge in [0, 0.05) is 24.4 Å². The molecule has 0 saturated heterocycles. The Balaban J connectivity index is 2.13. The molecule has 0 saturated carbocycles. The van der Waals surface area contributed by atoms with Crippen LogP contribution in [0.1, 0.15) is 11.3 Å². The minimum atomic E-state index is -0.330. The fourth-order valence-electron chi connectivity index (χ4n) is 2.00. The molecule has 0 amide bonds. The van der Waals surface area contributed by atoms with Crippen LogP contribution in [0.15, 0.2) is 23.2 Å². The van der Waals surface area contributed by atoms with Crippen LogP contribution < -0.4 is 5.73 Å². The van der Waals surface area contributed by atoms with Crippen molar-refractivity contribution in [3.05, 3.63) is 35.3 Å². The van der Waals surface area contributed by atoms with Gasteiger partial charge in [0.05, 0.1) is 5.69 Å². The van der Waals surface area contributed by atoms with Crippen molar-refractivity contribution >= 4 is 29.5 Å². The summed E-state index contributed by atoms with van der Waals surface area (Å²) in [7, 11) is 1.69. The molecular weight excluding hydrogens is 247 g/mol. The van der Waals surface area contributed by atoms with E-state index in [-0.39, 0.29) is 17.6 Å².